The molecule has 0 aliphatic heterocycles. The summed E-state index contributed by atoms with van der Waals surface area (Å²) in [6.45, 7) is -1.29. The third-order valence-electron chi connectivity index (χ3n) is 5.43. The molecule has 1 aliphatic rings. The zero-order valence-electron chi connectivity index (χ0n) is 17.8. The van der Waals surface area contributed by atoms with Crippen molar-refractivity contribution in [2.75, 3.05) is 6.61 Å². The lowest BCUT2D eigenvalue weighted by Gasteiger charge is -2.35. The van der Waals surface area contributed by atoms with Gasteiger partial charge in [0.15, 0.2) is 0 Å². The van der Waals surface area contributed by atoms with Crippen LogP contribution in [0.15, 0.2) is 42.2 Å². The summed E-state index contributed by atoms with van der Waals surface area (Å²) >= 11 is 1.23. The number of hydrogen-bond acceptors (Lipinski definition) is 7. The van der Waals surface area contributed by atoms with Crippen molar-refractivity contribution in [3.63, 3.8) is 0 Å². The van der Waals surface area contributed by atoms with Crippen LogP contribution in [0, 0.1) is 5.95 Å². The van der Waals surface area contributed by atoms with Crippen LogP contribution in [-0.4, -0.2) is 54.3 Å². The molecule has 1 aliphatic carbocycles. The number of nitrogens with two attached hydrogens (primary N) is 1. The first kappa shape index (κ1) is 23.1. The quantitative estimate of drug-likeness (QED) is 0.301. The molecule has 4 aromatic heterocycles. The second-order valence-electron chi connectivity index (χ2n) is 7.94. The molecule has 0 bridgehead atoms. The Labute approximate surface area is 199 Å². The molecule has 1 fully saturated rings. The monoisotopic (exact) mass is 507 g/mol. The molecular formula is C21H17F4N7O2S. The summed E-state index contributed by atoms with van der Waals surface area (Å²) in [5, 5.41) is 11.0. The summed E-state index contributed by atoms with van der Waals surface area (Å²) in [5.74, 6) is -1.33. The van der Waals surface area contributed by atoms with Gasteiger partial charge in [0.1, 0.15) is 28.7 Å². The molecule has 0 saturated heterocycles. The molecular weight excluding hydrogens is 490 g/mol. The first-order valence-corrected chi connectivity index (χ1v) is 11.3. The molecule has 182 valence electrons. The van der Waals surface area contributed by atoms with Crippen molar-refractivity contribution < 1.29 is 27.1 Å². The van der Waals surface area contributed by atoms with Crippen molar-refractivity contribution in [2.24, 2.45) is 5.73 Å². The van der Waals surface area contributed by atoms with E-state index in [0.29, 0.717) is 34.8 Å². The van der Waals surface area contributed by atoms with Crippen LogP contribution in [0.1, 0.15) is 29.4 Å². The zero-order valence-corrected chi connectivity index (χ0v) is 18.6. The van der Waals surface area contributed by atoms with E-state index in [1.165, 1.54) is 28.2 Å². The number of thiazole rings is 1. The SMILES string of the molecule is NC(=O)c1csc(-c2cnn(-c3cn(C4CC(OCC(F)(F)F)C4)nc3-c3cccc(F)n3)c2)n1. The van der Waals surface area contributed by atoms with Gasteiger partial charge in [0.2, 0.25) is 5.95 Å². The average Bonchev–Trinajstić information content (AvgIpc) is 3.50. The molecule has 0 radical (unpaired) electrons. The summed E-state index contributed by atoms with van der Waals surface area (Å²) < 4.78 is 59.1. The number of aromatic nitrogens is 6. The Morgan fingerprint density at radius 1 is 1.23 bits per heavy atom. The van der Waals surface area contributed by atoms with E-state index in [1.807, 2.05) is 0 Å². The van der Waals surface area contributed by atoms with E-state index in [2.05, 4.69) is 20.2 Å². The standard InChI is InChI=1S/C21H17F4N7O2S/c22-17-3-1-2-14(28-17)18-16(8-31(30-18)12-4-13(5-12)34-10-21(23,24)25)32-7-11(6-27-32)20-29-15(9-35-20)19(26)33/h1-3,6-9,12-13H,4-5,10H2,(H2,26,33). The number of carbonyl (C=O) groups excluding carboxylic acids is 1. The first-order valence-electron chi connectivity index (χ1n) is 10.4. The number of halogens is 4. The largest absolute Gasteiger partial charge is 0.411 e. The van der Waals surface area contributed by atoms with E-state index in [0.717, 1.165) is 0 Å². The fourth-order valence-electron chi connectivity index (χ4n) is 3.65. The number of rotatable bonds is 7. The van der Waals surface area contributed by atoms with Gasteiger partial charge in [0, 0.05) is 17.1 Å². The highest BCUT2D eigenvalue weighted by Gasteiger charge is 2.37. The van der Waals surface area contributed by atoms with Gasteiger partial charge >= 0.3 is 6.18 Å². The number of amides is 1. The molecule has 0 atom stereocenters. The lowest BCUT2D eigenvalue weighted by atomic mass is 9.89. The van der Waals surface area contributed by atoms with Crippen LogP contribution < -0.4 is 5.73 Å². The third kappa shape index (κ3) is 4.93. The third-order valence-corrected chi connectivity index (χ3v) is 6.32. The Hall–Kier alpha value is -3.65. The summed E-state index contributed by atoms with van der Waals surface area (Å²) in [7, 11) is 0. The van der Waals surface area contributed by atoms with E-state index in [1.54, 1.807) is 34.7 Å². The van der Waals surface area contributed by atoms with E-state index < -0.39 is 30.7 Å². The maximum atomic E-state index is 13.8. The fourth-order valence-corrected chi connectivity index (χ4v) is 4.43. The van der Waals surface area contributed by atoms with Gasteiger partial charge in [-0.3, -0.25) is 9.48 Å². The van der Waals surface area contributed by atoms with Gasteiger partial charge in [0.05, 0.1) is 30.2 Å². The molecule has 1 saturated carbocycles. The van der Waals surface area contributed by atoms with E-state index in [-0.39, 0.29) is 17.4 Å². The van der Waals surface area contributed by atoms with Crippen molar-refractivity contribution >= 4 is 17.2 Å². The predicted octanol–water partition coefficient (Wildman–Crippen LogP) is 3.77. The molecule has 0 aromatic carbocycles. The number of carbonyl (C=O) groups is 1. The summed E-state index contributed by atoms with van der Waals surface area (Å²) in [4.78, 5) is 19.4. The van der Waals surface area contributed by atoms with Crippen LogP contribution in [0.25, 0.3) is 27.6 Å². The second-order valence-corrected chi connectivity index (χ2v) is 8.80. The zero-order chi connectivity index (χ0) is 24.7. The number of primary amides is 1. The maximum Gasteiger partial charge on any atom is 0.411 e. The molecule has 0 unspecified atom stereocenters. The Morgan fingerprint density at radius 2 is 2.03 bits per heavy atom. The number of nitrogens with zero attached hydrogens (tertiary/aromatic N) is 6. The van der Waals surface area contributed by atoms with Crippen LogP contribution in [0.4, 0.5) is 17.6 Å². The van der Waals surface area contributed by atoms with Gasteiger partial charge in [-0.1, -0.05) is 6.07 Å². The number of hydrogen-bond donors (Lipinski definition) is 1. The minimum Gasteiger partial charge on any atom is -0.369 e. The Kier molecular flexibility index (Phi) is 5.84. The van der Waals surface area contributed by atoms with Crippen molar-refractivity contribution in [2.45, 2.75) is 31.2 Å². The number of pyridine rings is 1. The van der Waals surface area contributed by atoms with Gasteiger partial charge in [0.25, 0.3) is 5.91 Å². The molecule has 14 heteroatoms. The smallest absolute Gasteiger partial charge is 0.369 e. The molecule has 4 aromatic rings. The minimum absolute atomic E-state index is 0.141. The fraction of sp³-hybridized carbons (Fsp3) is 0.286. The molecule has 0 spiro atoms. The van der Waals surface area contributed by atoms with Crippen LogP contribution in [0.2, 0.25) is 0 Å². The predicted molar refractivity (Wildman–Crippen MR) is 116 cm³/mol. The molecule has 2 N–H and O–H groups in total. The van der Waals surface area contributed by atoms with Crippen LogP contribution in [0.3, 0.4) is 0 Å². The van der Waals surface area contributed by atoms with Crippen LogP contribution in [-0.2, 0) is 4.74 Å². The summed E-state index contributed by atoms with van der Waals surface area (Å²) in [5.41, 5.74) is 7.13. The molecule has 9 nitrogen and oxygen atoms in total. The molecule has 35 heavy (non-hydrogen) atoms. The highest BCUT2D eigenvalue weighted by Crippen LogP contribution is 2.37. The summed E-state index contributed by atoms with van der Waals surface area (Å²) in [6, 6.07) is 4.11. The molecule has 5 rings (SSSR count). The van der Waals surface area contributed by atoms with Crippen molar-refractivity contribution in [1.29, 1.82) is 0 Å². The Balaban J connectivity index is 1.43. The molecule has 4 heterocycles. The van der Waals surface area contributed by atoms with E-state index in [4.69, 9.17) is 10.5 Å². The van der Waals surface area contributed by atoms with Crippen molar-refractivity contribution in [3.8, 4) is 27.6 Å². The molecule has 1 amide bonds. The van der Waals surface area contributed by atoms with E-state index in [9.17, 15) is 22.4 Å². The number of ether oxygens (including phenoxy) is 1. The lowest BCUT2D eigenvalue weighted by Crippen LogP contribution is -2.36. The second kappa shape index (κ2) is 8.85. The van der Waals surface area contributed by atoms with Gasteiger partial charge in [-0.15, -0.1) is 11.3 Å². The normalized spacial score (nSPS) is 17.9. The first-order chi connectivity index (χ1) is 16.7. The minimum atomic E-state index is -4.38. The topological polar surface area (TPSA) is 114 Å². The highest BCUT2D eigenvalue weighted by molar-refractivity contribution is 7.13. The Morgan fingerprint density at radius 3 is 2.71 bits per heavy atom. The van der Waals surface area contributed by atoms with Gasteiger partial charge < -0.3 is 10.5 Å². The Bertz CT molecular complexity index is 1370. The average molecular weight is 507 g/mol. The van der Waals surface area contributed by atoms with Crippen LogP contribution in [0.5, 0.6) is 0 Å². The lowest BCUT2D eigenvalue weighted by molar-refractivity contribution is -0.196. The van der Waals surface area contributed by atoms with Gasteiger partial charge in [-0.2, -0.15) is 27.8 Å². The highest BCUT2D eigenvalue weighted by atomic mass is 32.1. The van der Waals surface area contributed by atoms with Gasteiger partial charge in [-0.25, -0.2) is 14.6 Å². The summed E-state index contributed by atoms with van der Waals surface area (Å²) in [6.07, 6.45) is 0.704. The van der Waals surface area contributed by atoms with Crippen LogP contribution >= 0.6 is 11.3 Å². The maximum absolute atomic E-state index is 13.8. The van der Waals surface area contributed by atoms with Crippen molar-refractivity contribution in [1.82, 2.24) is 29.5 Å². The van der Waals surface area contributed by atoms with Crippen molar-refractivity contribution in [3.05, 3.63) is 53.8 Å². The van der Waals surface area contributed by atoms with Gasteiger partial charge in [-0.05, 0) is 25.0 Å². The number of alkyl halides is 3. The van der Waals surface area contributed by atoms with E-state index >= 15 is 0 Å².